The third kappa shape index (κ3) is 5.74. The van der Waals surface area contributed by atoms with E-state index in [9.17, 15) is 13.2 Å². The Morgan fingerprint density at radius 3 is 2.30 bits per heavy atom. The lowest BCUT2D eigenvalue weighted by Gasteiger charge is -2.22. The molecule has 0 radical (unpaired) electrons. The Kier molecular flexibility index (Phi) is 6.18. The molecular weight excluding hydrogens is 357 g/mol. The van der Waals surface area contributed by atoms with Gasteiger partial charge in [0.25, 0.3) is 0 Å². The van der Waals surface area contributed by atoms with Crippen molar-refractivity contribution in [3.8, 4) is 0 Å². The second kappa shape index (κ2) is 8.02. The van der Waals surface area contributed by atoms with Crippen LogP contribution in [0.5, 0.6) is 0 Å². The number of halogens is 3. The van der Waals surface area contributed by atoms with E-state index in [1.165, 1.54) is 12.1 Å². The summed E-state index contributed by atoms with van der Waals surface area (Å²) in [6, 6.07) is 5.10. The second-order valence-electron chi connectivity index (χ2n) is 7.32. The van der Waals surface area contributed by atoms with E-state index in [4.69, 9.17) is 4.42 Å². The van der Waals surface area contributed by atoms with Crippen molar-refractivity contribution in [2.45, 2.75) is 45.5 Å². The van der Waals surface area contributed by atoms with Crippen LogP contribution in [0, 0.1) is 0 Å². The molecule has 1 N–H and O–H groups in total. The maximum atomic E-state index is 12.6. The minimum absolute atomic E-state index is 0.119. The first kappa shape index (κ1) is 20.8. The Hall–Kier alpha value is -2.51. The molecule has 0 aliphatic heterocycles. The van der Waals surface area contributed by atoms with E-state index in [0.717, 1.165) is 23.5 Å². The van der Waals surface area contributed by atoms with Gasteiger partial charge >= 0.3 is 6.18 Å². The fourth-order valence-electron chi connectivity index (χ4n) is 2.43. The van der Waals surface area contributed by atoms with Gasteiger partial charge in [0.1, 0.15) is 5.76 Å². The molecule has 0 amide bonds. The molecule has 2 rings (SSSR count). The predicted molar refractivity (Wildman–Crippen MR) is 98.3 cm³/mol. The maximum absolute atomic E-state index is 12.6. The second-order valence-corrected chi connectivity index (χ2v) is 7.32. The van der Waals surface area contributed by atoms with Crippen LogP contribution in [-0.4, -0.2) is 29.9 Å². The fourth-order valence-corrected chi connectivity index (χ4v) is 2.43. The molecule has 0 saturated carbocycles. The Morgan fingerprint density at radius 2 is 1.81 bits per heavy atom. The van der Waals surface area contributed by atoms with Gasteiger partial charge in [0.2, 0.25) is 5.89 Å². The molecule has 5 nitrogen and oxygen atoms in total. The number of alkyl halides is 3. The third-order valence-corrected chi connectivity index (χ3v) is 3.96. The molecule has 1 aromatic heterocycles. The van der Waals surface area contributed by atoms with E-state index in [2.05, 4.69) is 15.3 Å². The van der Waals surface area contributed by atoms with E-state index in [1.807, 2.05) is 32.7 Å². The number of aromatic nitrogens is 1. The molecular formula is C19H25F3N4O. The number of guanidine groups is 1. The van der Waals surface area contributed by atoms with Crippen LogP contribution in [0.15, 0.2) is 39.9 Å². The van der Waals surface area contributed by atoms with Crippen LogP contribution in [0.4, 0.5) is 13.2 Å². The standard InChI is InChI=1S/C19H25F3N4O/c1-18(2,3)15-10-24-16(27-15)11-25-17(23-4)26(5)12-13-6-8-14(9-7-13)19(20,21)22/h6-10H,11-12H2,1-5H3,(H,23,25). The molecule has 0 unspecified atom stereocenters. The van der Waals surface area contributed by atoms with Crippen LogP contribution in [-0.2, 0) is 24.7 Å². The van der Waals surface area contributed by atoms with Gasteiger partial charge in [-0.1, -0.05) is 32.9 Å². The van der Waals surface area contributed by atoms with Gasteiger partial charge in [0, 0.05) is 26.1 Å². The van der Waals surface area contributed by atoms with Crippen molar-refractivity contribution in [1.82, 2.24) is 15.2 Å². The van der Waals surface area contributed by atoms with Gasteiger partial charge in [0.05, 0.1) is 18.3 Å². The average Bonchev–Trinajstić information content (AvgIpc) is 3.04. The van der Waals surface area contributed by atoms with Crippen LogP contribution >= 0.6 is 0 Å². The summed E-state index contributed by atoms with van der Waals surface area (Å²) in [7, 11) is 3.45. The minimum atomic E-state index is -4.33. The van der Waals surface area contributed by atoms with Crippen LogP contribution in [0.25, 0.3) is 0 Å². The third-order valence-electron chi connectivity index (χ3n) is 3.96. The lowest BCUT2D eigenvalue weighted by atomic mass is 9.94. The van der Waals surface area contributed by atoms with Gasteiger partial charge in [-0.25, -0.2) is 4.98 Å². The summed E-state index contributed by atoms with van der Waals surface area (Å²) >= 11 is 0. The molecule has 0 atom stereocenters. The average molecular weight is 382 g/mol. The van der Waals surface area contributed by atoms with Crippen molar-refractivity contribution in [3.63, 3.8) is 0 Å². The number of nitrogens with one attached hydrogen (secondary N) is 1. The van der Waals surface area contributed by atoms with E-state index < -0.39 is 11.7 Å². The molecule has 0 saturated heterocycles. The number of benzene rings is 1. The van der Waals surface area contributed by atoms with Gasteiger partial charge in [-0.15, -0.1) is 0 Å². The summed E-state index contributed by atoms with van der Waals surface area (Å²) in [5.41, 5.74) is -0.0266. The fraction of sp³-hybridized carbons (Fsp3) is 0.474. The molecule has 27 heavy (non-hydrogen) atoms. The van der Waals surface area contributed by atoms with Gasteiger partial charge in [0.15, 0.2) is 5.96 Å². The lowest BCUT2D eigenvalue weighted by molar-refractivity contribution is -0.137. The number of aliphatic imine (C=N–C) groups is 1. The van der Waals surface area contributed by atoms with Crippen LogP contribution in [0.2, 0.25) is 0 Å². The molecule has 148 valence electrons. The number of oxazole rings is 1. The molecule has 0 bridgehead atoms. The Bertz CT molecular complexity index is 773. The van der Waals surface area contributed by atoms with E-state index in [-0.39, 0.29) is 5.41 Å². The topological polar surface area (TPSA) is 53.7 Å². The summed E-state index contributed by atoms with van der Waals surface area (Å²) in [4.78, 5) is 10.3. The summed E-state index contributed by atoms with van der Waals surface area (Å²) < 4.78 is 43.7. The van der Waals surface area contributed by atoms with Gasteiger partial charge < -0.3 is 14.6 Å². The summed E-state index contributed by atoms with van der Waals surface area (Å²) in [5.74, 6) is 1.93. The predicted octanol–water partition coefficient (Wildman–Crippen LogP) is 4.20. The van der Waals surface area contributed by atoms with E-state index in [1.54, 1.807) is 13.2 Å². The molecule has 0 fully saturated rings. The molecule has 2 aromatic rings. The van der Waals surface area contributed by atoms with Crippen LogP contribution < -0.4 is 5.32 Å². The van der Waals surface area contributed by atoms with E-state index in [0.29, 0.717) is 24.9 Å². The first-order valence-electron chi connectivity index (χ1n) is 8.54. The number of nitrogens with zero attached hydrogens (tertiary/aromatic N) is 3. The summed E-state index contributed by atoms with van der Waals surface area (Å²) in [6.45, 7) is 6.90. The molecule has 8 heteroatoms. The highest BCUT2D eigenvalue weighted by Gasteiger charge is 2.30. The zero-order chi connectivity index (χ0) is 20.2. The van der Waals surface area contributed by atoms with Crippen molar-refractivity contribution >= 4 is 5.96 Å². The van der Waals surface area contributed by atoms with Crippen molar-refractivity contribution in [2.75, 3.05) is 14.1 Å². The highest BCUT2D eigenvalue weighted by atomic mass is 19.4. The quantitative estimate of drug-likeness (QED) is 0.636. The molecule has 0 aliphatic carbocycles. The normalized spacial score (nSPS) is 13.0. The Balaban J connectivity index is 1.96. The number of hydrogen-bond donors (Lipinski definition) is 1. The smallest absolute Gasteiger partial charge is 0.416 e. The summed E-state index contributed by atoms with van der Waals surface area (Å²) in [6.07, 6.45) is -2.62. The van der Waals surface area contributed by atoms with Gasteiger partial charge in [-0.05, 0) is 17.7 Å². The van der Waals surface area contributed by atoms with Gasteiger partial charge in [-0.2, -0.15) is 13.2 Å². The zero-order valence-corrected chi connectivity index (χ0v) is 16.2. The van der Waals surface area contributed by atoms with Crippen molar-refractivity contribution < 1.29 is 17.6 Å². The monoisotopic (exact) mass is 382 g/mol. The van der Waals surface area contributed by atoms with Crippen LogP contribution in [0.1, 0.15) is 43.5 Å². The molecule has 1 heterocycles. The number of rotatable bonds is 4. The molecule has 1 aromatic carbocycles. The Labute approximate surface area is 157 Å². The first-order chi connectivity index (χ1) is 12.5. The first-order valence-corrected chi connectivity index (χ1v) is 8.54. The Morgan fingerprint density at radius 1 is 1.19 bits per heavy atom. The largest absolute Gasteiger partial charge is 0.443 e. The molecule has 0 spiro atoms. The van der Waals surface area contributed by atoms with Crippen molar-refractivity contribution in [2.24, 2.45) is 4.99 Å². The van der Waals surface area contributed by atoms with E-state index >= 15 is 0 Å². The van der Waals surface area contributed by atoms with Gasteiger partial charge in [-0.3, -0.25) is 4.99 Å². The van der Waals surface area contributed by atoms with Crippen LogP contribution in [0.3, 0.4) is 0 Å². The molecule has 0 aliphatic rings. The highest BCUT2D eigenvalue weighted by Crippen LogP contribution is 2.29. The van der Waals surface area contributed by atoms with Crippen molar-refractivity contribution in [3.05, 3.63) is 53.2 Å². The highest BCUT2D eigenvalue weighted by molar-refractivity contribution is 5.79. The maximum Gasteiger partial charge on any atom is 0.416 e. The SMILES string of the molecule is CN=C(NCc1ncc(C(C)(C)C)o1)N(C)Cc1ccc(C(F)(F)F)cc1. The zero-order valence-electron chi connectivity index (χ0n) is 16.2. The lowest BCUT2D eigenvalue weighted by Crippen LogP contribution is -2.38. The van der Waals surface area contributed by atoms with Crippen molar-refractivity contribution in [1.29, 1.82) is 0 Å². The number of hydrogen-bond acceptors (Lipinski definition) is 3. The minimum Gasteiger partial charge on any atom is -0.443 e. The summed E-state index contributed by atoms with van der Waals surface area (Å²) in [5, 5.41) is 3.15.